The number of hydrogen-bond donors (Lipinski definition) is 2. The molecular weight excluding hydrogens is 304 g/mol. The average Bonchev–Trinajstić information content (AvgIpc) is 2.97. The van der Waals surface area contributed by atoms with Gasteiger partial charge in [0.2, 0.25) is 5.91 Å². The SMILES string of the molecule is CC1Sc2ccc(C(=O)N3CCC[C@H]3C(=O)O)cc2NC1=O. The molecule has 2 aliphatic rings. The number of thioether (sulfide) groups is 1. The highest BCUT2D eigenvalue weighted by Gasteiger charge is 2.35. The lowest BCUT2D eigenvalue weighted by atomic mass is 10.1. The van der Waals surface area contributed by atoms with Gasteiger partial charge in [0.05, 0.1) is 10.9 Å². The molecule has 0 aliphatic carbocycles. The molecule has 1 aromatic rings. The van der Waals surface area contributed by atoms with Crippen molar-refractivity contribution in [3.8, 4) is 0 Å². The monoisotopic (exact) mass is 320 g/mol. The number of rotatable bonds is 2. The van der Waals surface area contributed by atoms with E-state index in [1.165, 1.54) is 16.7 Å². The zero-order valence-electron chi connectivity index (χ0n) is 12.0. The first-order chi connectivity index (χ1) is 10.5. The van der Waals surface area contributed by atoms with Gasteiger partial charge in [0.1, 0.15) is 6.04 Å². The van der Waals surface area contributed by atoms with Gasteiger partial charge in [-0.05, 0) is 38.0 Å². The number of carboxylic acid groups (broad SMARTS) is 1. The second kappa shape index (κ2) is 5.64. The molecule has 2 amide bonds. The Bertz CT molecular complexity index is 661. The van der Waals surface area contributed by atoms with Crippen LogP contribution in [0.15, 0.2) is 23.1 Å². The molecule has 1 fully saturated rings. The Hall–Kier alpha value is -2.02. The van der Waals surface area contributed by atoms with E-state index in [9.17, 15) is 19.5 Å². The minimum atomic E-state index is -0.971. The molecule has 2 aliphatic heterocycles. The lowest BCUT2D eigenvalue weighted by Crippen LogP contribution is -2.40. The van der Waals surface area contributed by atoms with Gasteiger partial charge < -0.3 is 15.3 Å². The fourth-order valence-electron chi connectivity index (χ4n) is 2.77. The Balaban J connectivity index is 1.87. The zero-order chi connectivity index (χ0) is 15.9. The number of carbonyl (C=O) groups excluding carboxylic acids is 2. The van der Waals surface area contributed by atoms with Crippen LogP contribution in [0.25, 0.3) is 0 Å². The number of carboxylic acids is 1. The summed E-state index contributed by atoms with van der Waals surface area (Å²) >= 11 is 1.45. The average molecular weight is 320 g/mol. The molecule has 1 saturated heterocycles. The molecule has 2 N–H and O–H groups in total. The van der Waals surface area contributed by atoms with Crippen LogP contribution in [0, 0.1) is 0 Å². The van der Waals surface area contributed by atoms with E-state index in [0.717, 1.165) is 4.90 Å². The number of hydrogen-bond acceptors (Lipinski definition) is 4. The van der Waals surface area contributed by atoms with Gasteiger partial charge in [-0.15, -0.1) is 11.8 Å². The van der Waals surface area contributed by atoms with Crippen LogP contribution in [0.5, 0.6) is 0 Å². The third-order valence-corrected chi connectivity index (χ3v) is 5.13. The number of carbonyl (C=O) groups is 3. The minimum absolute atomic E-state index is 0.0910. The molecule has 0 bridgehead atoms. The van der Waals surface area contributed by atoms with Crippen molar-refractivity contribution in [1.29, 1.82) is 0 Å². The van der Waals surface area contributed by atoms with Crippen molar-refractivity contribution in [2.24, 2.45) is 0 Å². The van der Waals surface area contributed by atoms with Crippen molar-refractivity contribution in [1.82, 2.24) is 4.90 Å². The van der Waals surface area contributed by atoms with Gasteiger partial charge in [-0.3, -0.25) is 9.59 Å². The van der Waals surface area contributed by atoms with Crippen LogP contribution in [-0.2, 0) is 9.59 Å². The fourth-order valence-corrected chi connectivity index (χ4v) is 3.70. The van der Waals surface area contributed by atoms with Crippen molar-refractivity contribution in [2.75, 3.05) is 11.9 Å². The lowest BCUT2D eigenvalue weighted by Gasteiger charge is -2.24. The van der Waals surface area contributed by atoms with Crippen LogP contribution in [0.1, 0.15) is 30.1 Å². The largest absolute Gasteiger partial charge is 0.480 e. The molecule has 1 aromatic carbocycles. The van der Waals surface area contributed by atoms with Gasteiger partial charge in [-0.25, -0.2) is 4.79 Å². The van der Waals surface area contributed by atoms with Crippen molar-refractivity contribution in [3.63, 3.8) is 0 Å². The van der Waals surface area contributed by atoms with E-state index in [4.69, 9.17) is 0 Å². The third kappa shape index (κ3) is 2.56. The Morgan fingerprint density at radius 2 is 2.18 bits per heavy atom. The highest BCUT2D eigenvalue weighted by atomic mass is 32.2. The first kappa shape index (κ1) is 14.9. The minimum Gasteiger partial charge on any atom is -0.480 e. The Labute approximate surface area is 131 Å². The second-order valence-corrected chi connectivity index (χ2v) is 6.84. The highest BCUT2D eigenvalue weighted by Crippen LogP contribution is 2.36. The maximum atomic E-state index is 12.5. The summed E-state index contributed by atoms with van der Waals surface area (Å²) in [5.74, 6) is -1.36. The van der Waals surface area contributed by atoms with Gasteiger partial charge in [-0.1, -0.05) is 0 Å². The smallest absolute Gasteiger partial charge is 0.326 e. The normalized spacial score (nSPS) is 23.9. The molecule has 0 spiro atoms. The predicted molar refractivity (Wildman–Crippen MR) is 82.1 cm³/mol. The summed E-state index contributed by atoms with van der Waals surface area (Å²) in [6.45, 7) is 2.27. The Morgan fingerprint density at radius 3 is 2.91 bits per heavy atom. The summed E-state index contributed by atoms with van der Waals surface area (Å²) in [5, 5.41) is 11.8. The van der Waals surface area contributed by atoms with Crippen LogP contribution < -0.4 is 5.32 Å². The fraction of sp³-hybridized carbons (Fsp3) is 0.400. The Kier molecular flexibility index (Phi) is 3.82. The number of fused-ring (bicyclic) bond motifs is 1. The number of aliphatic carboxylic acids is 1. The van der Waals surface area contributed by atoms with Gasteiger partial charge in [0.25, 0.3) is 5.91 Å². The summed E-state index contributed by atoms with van der Waals surface area (Å²) < 4.78 is 0. The van der Waals surface area contributed by atoms with Crippen molar-refractivity contribution >= 4 is 35.2 Å². The van der Waals surface area contributed by atoms with Crippen LogP contribution in [0.2, 0.25) is 0 Å². The van der Waals surface area contributed by atoms with Crippen molar-refractivity contribution < 1.29 is 19.5 Å². The lowest BCUT2D eigenvalue weighted by molar-refractivity contribution is -0.141. The first-order valence-corrected chi connectivity index (χ1v) is 8.00. The molecule has 6 nitrogen and oxygen atoms in total. The number of benzene rings is 1. The number of nitrogens with one attached hydrogen (secondary N) is 1. The molecule has 116 valence electrons. The summed E-state index contributed by atoms with van der Waals surface area (Å²) in [6, 6.07) is 4.36. The summed E-state index contributed by atoms with van der Waals surface area (Å²) in [7, 11) is 0. The molecule has 0 aromatic heterocycles. The molecule has 1 unspecified atom stereocenters. The Morgan fingerprint density at radius 1 is 1.41 bits per heavy atom. The standard InChI is InChI=1S/C15H16N2O4S/c1-8-13(18)16-10-7-9(4-5-12(10)22-8)14(19)17-6-2-3-11(17)15(20)21/h4-5,7-8,11H,2-3,6H2,1H3,(H,16,18)(H,20,21)/t8?,11-/m0/s1. The van der Waals surface area contributed by atoms with E-state index in [2.05, 4.69) is 5.32 Å². The molecule has 0 radical (unpaired) electrons. The topological polar surface area (TPSA) is 86.7 Å². The van der Waals surface area contributed by atoms with Gasteiger partial charge in [0.15, 0.2) is 0 Å². The van der Waals surface area contributed by atoms with Crippen molar-refractivity contribution in [2.45, 2.75) is 36.0 Å². The third-order valence-electron chi connectivity index (χ3n) is 3.96. The number of likely N-dealkylation sites (tertiary alicyclic amines) is 1. The molecule has 22 heavy (non-hydrogen) atoms. The summed E-state index contributed by atoms with van der Waals surface area (Å²) in [4.78, 5) is 37.8. The number of anilines is 1. The maximum absolute atomic E-state index is 12.5. The van der Waals surface area contributed by atoms with Crippen LogP contribution >= 0.6 is 11.8 Å². The first-order valence-electron chi connectivity index (χ1n) is 7.12. The molecular formula is C15H16N2O4S. The molecule has 2 atom stereocenters. The van der Waals surface area contributed by atoms with E-state index in [1.807, 2.05) is 6.92 Å². The van der Waals surface area contributed by atoms with E-state index in [1.54, 1.807) is 18.2 Å². The second-order valence-electron chi connectivity index (χ2n) is 5.46. The van der Waals surface area contributed by atoms with Crippen molar-refractivity contribution in [3.05, 3.63) is 23.8 Å². The predicted octanol–water partition coefficient (Wildman–Crippen LogP) is 1.81. The molecule has 0 saturated carbocycles. The van der Waals surface area contributed by atoms with E-state index < -0.39 is 12.0 Å². The van der Waals surface area contributed by atoms with Gasteiger partial charge in [-0.2, -0.15) is 0 Å². The molecule has 3 rings (SSSR count). The maximum Gasteiger partial charge on any atom is 0.326 e. The highest BCUT2D eigenvalue weighted by molar-refractivity contribution is 8.00. The van der Waals surface area contributed by atoms with Crippen LogP contribution in [-0.4, -0.2) is 45.6 Å². The van der Waals surface area contributed by atoms with Gasteiger partial charge in [0, 0.05) is 17.0 Å². The summed E-state index contributed by atoms with van der Waals surface area (Å²) in [5.41, 5.74) is 1.02. The molecule has 7 heteroatoms. The van der Waals surface area contributed by atoms with E-state index in [-0.39, 0.29) is 17.1 Å². The number of amides is 2. The quantitative estimate of drug-likeness (QED) is 0.868. The van der Waals surface area contributed by atoms with E-state index >= 15 is 0 Å². The van der Waals surface area contributed by atoms with Crippen LogP contribution in [0.4, 0.5) is 5.69 Å². The van der Waals surface area contributed by atoms with E-state index in [0.29, 0.717) is 30.6 Å². The van der Waals surface area contributed by atoms with Gasteiger partial charge >= 0.3 is 5.97 Å². The zero-order valence-corrected chi connectivity index (χ0v) is 12.9. The summed E-state index contributed by atoms with van der Waals surface area (Å²) in [6.07, 6.45) is 1.17. The number of nitrogens with zero attached hydrogens (tertiary/aromatic N) is 1. The molecule has 2 heterocycles. The van der Waals surface area contributed by atoms with Crippen LogP contribution in [0.3, 0.4) is 0 Å².